The average molecular weight is 445 g/mol. The lowest BCUT2D eigenvalue weighted by Crippen LogP contribution is -2.62. The fourth-order valence-corrected chi connectivity index (χ4v) is 4.48. The molecule has 0 bridgehead atoms. The van der Waals surface area contributed by atoms with E-state index in [1.54, 1.807) is 7.05 Å². The van der Waals surface area contributed by atoms with Gasteiger partial charge in [-0.05, 0) is 30.7 Å². The van der Waals surface area contributed by atoms with E-state index in [0.717, 1.165) is 12.1 Å². The van der Waals surface area contributed by atoms with Gasteiger partial charge in [0.1, 0.15) is 5.70 Å². The highest BCUT2D eigenvalue weighted by molar-refractivity contribution is 6.06. The summed E-state index contributed by atoms with van der Waals surface area (Å²) in [6, 6.07) is 4.53. The fourth-order valence-electron chi connectivity index (χ4n) is 4.48. The van der Waals surface area contributed by atoms with Crippen molar-refractivity contribution in [2.45, 2.75) is 26.8 Å². The molecule has 1 fully saturated rings. The summed E-state index contributed by atoms with van der Waals surface area (Å²) < 4.78 is 5.07. The Hall–Kier alpha value is -3.11. The lowest BCUT2D eigenvalue weighted by molar-refractivity contribution is -0.384. The van der Waals surface area contributed by atoms with Gasteiger partial charge in [0.25, 0.3) is 5.69 Å². The molecule has 10 nitrogen and oxygen atoms in total. The third-order valence-corrected chi connectivity index (χ3v) is 6.13. The molecular formula is C22H27N3O7. The topological polar surface area (TPSA) is 130 Å². The minimum atomic E-state index is -0.954. The number of nitro groups is 1. The summed E-state index contributed by atoms with van der Waals surface area (Å²) in [6.45, 7) is 6.52. The predicted molar refractivity (Wildman–Crippen MR) is 113 cm³/mol. The Morgan fingerprint density at radius 1 is 1.25 bits per heavy atom. The Balaban J connectivity index is 1.87. The number of nitro benzene ring substituents is 1. The van der Waals surface area contributed by atoms with Crippen LogP contribution in [0.25, 0.3) is 0 Å². The van der Waals surface area contributed by atoms with Crippen LogP contribution in [0.1, 0.15) is 31.1 Å². The standard InChI is InChI=1S/C22H27N3O7/c1-12(2)17-18-13(3)16(11-23(4)9-10-26)19(24(18)20(17)27)22(29)32-21(28)14-5-7-15(8-6-14)25(30)31/h5-8,12-13,17-18,26H,9-11H2,1-4H3/t13-,17+,18+/m0/s1. The number of fused-ring (bicyclic) bond motifs is 1. The van der Waals surface area contributed by atoms with Gasteiger partial charge in [-0.15, -0.1) is 0 Å². The molecule has 1 saturated heterocycles. The number of benzene rings is 1. The number of hydrogen-bond acceptors (Lipinski definition) is 8. The summed E-state index contributed by atoms with van der Waals surface area (Å²) in [5, 5.41) is 20.0. The first-order valence-electron chi connectivity index (χ1n) is 10.4. The molecule has 0 spiro atoms. The second kappa shape index (κ2) is 9.17. The molecule has 2 heterocycles. The molecule has 3 rings (SSSR count). The van der Waals surface area contributed by atoms with E-state index in [1.165, 1.54) is 17.0 Å². The number of amides is 1. The van der Waals surface area contributed by atoms with Crippen LogP contribution in [0.15, 0.2) is 35.5 Å². The summed E-state index contributed by atoms with van der Waals surface area (Å²) in [6.07, 6.45) is 0. The van der Waals surface area contributed by atoms with E-state index >= 15 is 0 Å². The van der Waals surface area contributed by atoms with Gasteiger partial charge >= 0.3 is 11.9 Å². The smallest absolute Gasteiger partial charge is 0.362 e. The maximum Gasteiger partial charge on any atom is 0.362 e. The number of nitrogens with zero attached hydrogens (tertiary/aromatic N) is 3. The summed E-state index contributed by atoms with van der Waals surface area (Å²) in [7, 11) is 1.79. The maximum atomic E-state index is 13.0. The van der Waals surface area contributed by atoms with Crippen LogP contribution in [0, 0.1) is 27.9 Å². The molecule has 1 aromatic carbocycles. The van der Waals surface area contributed by atoms with E-state index in [9.17, 15) is 29.6 Å². The Kier molecular flexibility index (Phi) is 6.75. The number of carbonyl (C=O) groups is 3. The first-order chi connectivity index (χ1) is 15.1. The quantitative estimate of drug-likeness (QED) is 0.210. The highest BCUT2D eigenvalue weighted by Gasteiger charge is 2.59. The van der Waals surface area contributed by atoms with Crippen molar-refractivity contribution in [1.29, 1.82) is 0 Å². The minimum absolute atomic E-state index is 0.0129. The summed E-state index contributed by atoms with van der Waals surface area (Å²) in [5.41, 5.74) is 0.553. The molecular weight excluding hydrogens is 418 g/mol. The molecule has 10 heteroatoms. The molecule has 32 heavy (non-hydrogen) atoms. The summed E-state index contributed by atoms with van der Waals surface area (Å²) in [5.74, 6) is -2.29. The predicted octanol–water partition coefficient (Wildman–Crippen LogP) is 1.59. The third-order valence-electron chi connectivity index (χ3n) is 6.13. The van der Waals surface area contributed by atoms with Gasteiger partial charge in [-0.25, -0.2) is 9.59 Å². The molecule has 1 aromatic rings. The highest BCUT2D eigenvalue weighted by Crippen LogP contribution is 2.48. The van der Waals surface area contributed by atoms with Crippen LogP contribution in [0.5, 0.6) is 0 Å². The van der Waals surface area contributed by atoms with Crippen LogP contribution in [0.2, 0.25) is 0 Å². The van der Waals surface area contributed by atoms with E-state index in [4.69, 9.17) is 4.74 Å². The maximum absolute atomic E-state index is 13.0. The van der Waals surface area contributed by atoms with Crippen molar-refractivity contribution >= 4 is 23.5 Å². The normalized spacial score (nSPS) is 22.3. The van der Waals surface area contributed by atoms with E-state index < -0.39 is 16.9 Å². The molecule has 172 valence electrons. The van der Waals surface area contributed by atoms with Crippen molar-refractivity contribution in [3.63, 3.8) is 0 Å². The molecule has 2 aliphatic rings. The van der Waals surface area contributed by atoms with Gasteiger partial charge in [-0.2, -0.15) is 0 Å². The third kappa shape index (κ3) is 4.15. The van der Waals surface area contributed by atoms with Gasteiger partial charge in [0.15, 0.2) is 0 Å². The SMILES string of the molecule is CC(C)[C@H]1C(=O)N2C(C(=O)OC(=O)c3ccc([N+](=O)[O-])cc3)=C(CN(C)CCO)[C@H](C)[C@H]12. The zero-order valence-electron chi connectivity index (χ0n) is 18.5. The van der Waals surface area contributed by atoms with Gasteiger partial charge < -0.3 is 19.6 Å². The van der Waals surface area contributed by atoms with Crippen LogP contribution in [-0.2, 0) is 14.3 Å². The van der Waals surface area contributed by atoms with Gasteiger partial charge in [0, 0.05) is 31.1 Å². The van der Waals surface area contributed by atoms with E-state index in [0.29, 0.717) is 18.7 Å². The molecule has 2 aliphatic heterocycles. The van der Waals surface area contributed by atoms with Crippen molar-refractivity contribution in [3.05, 3.63) is 51.2 Å². The van der Waals surface area contributed by atoms with Gasteiger partial charge in [-0.1, -0.05) is 20.8 Å². The van der Waals surface area contributed by atoms with E-state index in [1.807, 2.05) is 25.7 Å². The largest absolute Gasteiger partial charge is 0.395 e. The lowest BCUT2D eigenvalue weighted by atomic mass is 9.74. The molecule has 3 atom stereocenters. The van der Waals surface area contributed by atoms with Crippen molar-refractivity contribution in [2.24, 2.45) is 17.8 Å². The fraction of sp³-hybridized carbons (Fsp3) is 0.500. The molecule has 0 unspecified atom stereocenters. The van der Waals surface area contributed by atoms with E-state index in [-0.39, 0.29) is 53.3 Å². The highest BCUT2D eigenvalue weighted by atomic mass is 16.6. The number of ether oxygens (including phenoxy) is 1. The lowest BCUT2D eigenvalue weighted by Gasteiger charge is -2.47. The Morgan fingerprint density at radius 3 is 2.41 bits per heavy atom. The summed E-state index contributed by atoms with van der Waals surface area (Å²) >= 11 is 0. The molecule has 0 saturated carbocycles. The minimum Gasteiger partial charge on any atom is -0.395 e. The first-order valence-corrected chi connectivity index (χ1v) is 10.4. The van der Waals surface area contributed by atoms with Crippen LogP contribution in [0.4, 0.5) is 5.69 Å². The molecule has 1 amide bonds. The molecule has 0 aromatic heterocycles. The monoisotopic (exact) mass is 445 g/mol. The van der Waals surface area contributed by atoms with Crippen molar-refractivity contribution in [3.8, 4) is 0 Å². The zero-order valence-corrected chi connectivity index (χ0v) is 18.5. The van der Waals surface area contributed by atoms with Crippen LogP contribution in [-0.4, -0.2) is 70.5 Å². The number of hydrogen-bond donors (Lipinski definition) is 1. The average Bonchev–Trinajstić information content (AvgIpc) is 2.96. The Morgan fingerprint density at radius 2 is 1.88 bits per heavy atom. The van der Waals surface area contributed by atoms with Crippen molar-refractivity contribution < 1.29 is 29.2 Å². The van der Waals surface area contributed by atoms with Gasteiger partial charge in [-0.3, -0.25) is 14.9 Å². The second-order valence-corrected chi connectivity index (χ2v) is 8.57. The Bertz CT molecular complexity index is 970. The van der Waals surface area contributed by atoms with E-state index in [2.05, 4.69) is 0 Å². The van der Waals surface area contributed by atoms with Gasteiger partial charge in [0.05, 0.1) is 29.1 Å². The molecule has 1 N–H and O–H groups in total. The molecule has 0 aliphatic carbocycles. The van der Waals surface area contributed by atoms with Crippen molar-refractivity contribution in [1.82, 2.24) is 9.80 Å². The number of esters is 2. The number of aliphatic hydroxyl groups is 1. The summed E-state index contributed by atoms with van der Waals surface area (Å²) in [4.78, 5) is 51.8. The second-order valence-electron chi connectivity index (χ2n) is 8.57. The number of aliphatic hydroxyl groups excluding tert-OH is 1. The number of rotatable bonds is 8. The van der Waals surface area contributed by atoms with Crippen LogP contribution in [0.3, 0.4) is 0 Å². The number of β-lactam (4-membered cyclic amide) rings is 1. The van der Waals surface area contributed by atoms with Crippen LogP contribution >= 0.6 is 0 Å². The first kappa shape index (κ1) is 23.6. The zero-order chi connectivity index (χ0) is 23.7. The van der Waals surface area contributed by atoms with Gasteiger partial charge in [0.2, 0.25) is 5.91 Å². The van der Waals surface area contributed by atoms with Crippen molar-refractivity contribution in [2.75, 3.05) is 26.7 Å². The molecule has 0 radical (unpaired) electrons. The number of carbonyl (C=O) groups excluding carboxylic acids is 3. The Labute approximate surface area is 185 Å². The number of non-ortho nitro benzene ring substituents is 1. The number of likely N-dealkylation sites (N-methyl/N-ethyl adjacent to an activating group) is 1. The van der Waals surface area contributed by atoms with Crippen LogP contribution < -0.4 is 0 Å².